The second kappa shape index (κ2) is 4.30. The van der Waals surface area contributed by atoms with Crippen molar-refractivity contribution in [2.75, 3.05) is 5.75 Å². The summed E-state index contributed by atoms with van der Waals surface area (Å²) in [6.45, 7) is 1.45. The molecule has 1 aromatic rings. The monoisotopic (exact) mass is 232 g/mol. The zero-order chi connectivity index (χ0) is 11.6. The lowest BCUT2D eigenvalue weighted by molar-refractivity contribution is 0.423. The van der Waals surface area contributed by atoms with Crippen molar-refractivity contribution >= 4 is 22.4 Å². The van der Waals surface area contributed by atoms with Crippen LogP contribution in [0.1, 0.15) is 6.92 Å². The third-order valence-corrected chi connectivity index (χ3v) is 3.72. The van der Waals surface area contributed by atoms with Gasteiger partial charge in [0, 0.05) is 5.46 Å². The highest BCUT2D eigenvalue weighted by Crippen LogP contribution is 2.11. The number of halogens is 1. The molecule has 0 aliphatic rings. The van der Waals surface area contributed by atoms with E-state index in [0.29, 0.717) is 0 Å². The summed E-state index contributed by atoms with van der Waals surface area (Å²) in [7, 11) is -5.41. The molecular formula is C8H10BFO4S. The Hall–Kier alpha value is -0.915. The van der Waals surface area contributed by atoms with E-state index in [2.05, 4.69) is 0 Å². The van der Waals surface area contributed by atoms with E-state index in [-0.39, 0.29) is 16.1 Å². The standard InChI is InChI=1S/C8H10BFO4S/c1-2-15(13,14)6-3-4-7(9(11)12)8(10)5-6/h3-5,11-12H,2H2,1H3. The number of hydrogen-bond acceptors (Lipinski definition) is 4. The van der Waals surface area contributed by atoms with E-state index >= 15 is 0 Å². The summed E-state index contributed by atoms with van der Waals surface area (Å²) in [5.74, 6) is -1.08. The fourth-order valence-corrected chi connectivity index (χ4v) is 1.97. The molecule has 0 saturated carbocycles. The van der Waals surface area contributed by atoms with Crippen LogP contribution in [-0.4, -0.2) is 31.3 Å². The molecule has 0 spiro atoms. The second-order valence-electron chi connectivity index (χ2n) is 2.96. The molecule has 0 aliphatic carbocycles. The number of rotatable bonds is 3. The third kappa shape index (κ3) is 2.56. The molecule has 2 N–H and O–H groups in total. The molecule has 0 unspecified atom stereocenters. The molecule has 0 fully saturated rings. The molecule has 15 heavy (non-hydrogen) atoms. The van der Waals surface area contributed by atoms with Crippen molar-refractivity contribution in [3.63, 3.8) is 0 Å². The van der Waals surface area contributed by atoms with Crippen LogP contribution in [0.4, 0.5) is 4.39 Å². The summed E-state index contributed by atoms with van der Waals surface area (Å²) < 4.78 is 35.9. The fraction of sp³-hybridized carbons (Fsp3) is 0.250. The van der Waals surface area contributed by atoms with E-state index in [1.54, 1.807) is 0 Å². The Morgan fingerprint density at radius 1 is 1.40 bits per heavy atom. The van der Waals surface area contributed by atoms with Crippen LogP contribution in [-0.2, 0) is 9.84 Å². The van der Waals surface area contributed by atoms with Gasteiger partial charge in [-0.05, 0) is 12.1 Å². The summed E-state index contributed by atoms with van der Waals surface area (Å²) in [6, 6.07) is 2.98. The molecule has 1 aromatic carbocycles. The van der Waals surface area contributed by atoms with Crippen LogP contribution in [0, 0.1) is 5.82 Å². The predicted molar refractivity (Wildman–Crippen MR) is 54.0 cm³/mol. The first-order chi connectivity index (χ1) is 6.88. The first-order valence-corrected chi connectivity index (χ1v) is 5.92. The van der Waals surface area contributed by atoms with Gasteiger partial charge in [-0.25, -0.2) is 12.8 Å². The number of benzene rings is 1. The van der Waals surface area contributed by atoms with Gasteiger partial charge in [-0.15, -0.1) is 0 Å². The molecular weight excluding hydrogens is 222 g/mol. The second-order valence-corrected chi connectivity index (χ2v) is 5.24. The molecule has 0 aliphatic heterocycles. The molecule has 0 heterocycles. The predicted octanol–water partition coefficient (Wildman–Crippen LogP) is -0.701. The van der Waals surface area contributed by atoms with Crippen molar-refractivity contribution in [3.05, 3.63) is 24.0 Å². The van der Waals surface area contributed by atoms with Crippen molar-refractivity contribution in [1.29, 1.82) is 0 Å². The SMILES string of the molecule is CCS(=O)(=O)c1ccc(B(O)O)c(F)c1. The fourth-order valence-electron chi connectivity index (χ4n) is 1.08. The summed E-state index contributed by atoms with van der Waals surface area (Å²) in [5, 5.41) is 17.4. The number of hydrogen-bond donors (Lipinski definition) is 2. The van der Waals surface area contributed by atoms with E-state index in [4.69, 9.17) is 10.0 Å². The molecule has 0 radical (unpaired) electrons. The lowest BCUT2D eigenvalue weighted by atomic mass is 9.80. The Labute approximate surface area is 87.4 Å². The van der Waals surface area contributed by atoms with Gasteiger partial charge in [-0.3, -0.25) is 0 Å². The molecule has 0 saturated heterocycles. The van der Waals surface area contributed by atoms with Crippen LogP contribution in [0.3, 0.4) is 0 Å². The molecule has 4 nitrogen and oxygen atoms in total. The minimum Gasteiger partial charge on any atom is -0.423 e. The Morgan fingerprint density at radius 3 is 2.40 bits per heavy atom. The maximum atomic E-state index is 13.2. The summed E-state index contributed by atoms with van der Waals surface area (Å²) >= 11 is 0. The summed E-state index contributed by atoms with van der Waals surface area (Å²) in [5.41, 5.74) is -0.343. The highest BCUT2D eigenvalue weighted by Gasteiger charge is 2.19. The van der Waals surface area contributed by atoms with Crippen molar-refractivity contribution in [3.8, 4) is 0 Å². The number of sulfone groups is 1. The Bertz CT molecular complexity index is 458. The van der Waals surface area contributed by atoms with Crippen molar-refractivity contribution in [2.45, 2.75) is 11.8 Å². The van der Waals surface area contributed by atoms with Gasteiger partial charge < -0.3 is 10.0 Å². The van der Waals surface area contributed by atoms with Gasteiger partial charge in [0.05, 0.1) is 10.6 Å². The first kappa shape index (κ1) is 12.2. The highest BCUT2D eigenvalue weighted by atomic mass is 32.2. The van der Waals surface area contributed by atoms with Crippen LogP contribution in [0.15, 0.2) is 23.1 Å². The molecule has 0 atom stereocenters. The van der Waals surface area contributed by atoms with Crippen molar-refractivity contribution in [2.24, 2.45) is 0 Å². The first-order valence-electron chi connectivity index (χ1n) is 4.27. The maximum absolute atomic E-state index is 13.2. The van der Waals surface area contributed by atoms with Gasteiger partial charge in [0.25, 0.3) is 0 Å². The summed E-state index contributed by atoms with van der Waals surface area (Å²) in [4.78, 5) is -0.160. The maximum Gasteiger partial charge on any atom is 0.491 e. The van der Waals surface area contributed by atoms with Gasteiger partial charge in [-0.2, -0.15) is 0 Å². The lowest BCUT2D eigenvalue weighted by Crippen LogP contribution is -2.32. The Morgan fingerprint density at radius 2 is 2.00 bits per heavy atom. The van der Waals surface area contributed by atoms with E-state index in [1.807, 2.05) is 0 Å². The molecule has 0 amide bonds. The molecule has 1 rings (SSSR count). The van der Waals surface area contributed by atoms with E-state index in [1.165, 1.54) is 6.92 Å². The van der Waals surface area contributed by atoms with Crippen LogP contribution >= 0.6 is 0 Å². The minimum absolute atomic E-state index is 0.131. The largest absolute Gasteiger partial charge is 0.491 e. The van der Waals surface area contributed by atoms with Gasteiger partial charge in [0.15, 0.2) is 9.84 Å². The Balaban J connectivity index is 3.24. The minimum atomic E-state index is -3.47. The zero-order valence-corrected chi connectivity index (χ0v) is 8.83. The normalized spacial score (nSPS) is 11.5. The summed E-state index contributed by atoms with van der Waals surface area (Å²) in [6.07, 6.45) is 0. The molecule has 0 aromatic heterocycles. The molecule has 0 bridgehead atoms. The van der Waals surface area contributed by atoms with E-state index in [0.717, 1.165) is 18.2 Å². The van der Waals surface area contributed by atoms with Crippen LogP contribution < -0.4 is 5.46 Å². The van der Waals surface area contributed by atoms with Gasteiger partial charge >= 0.3 is 7.12 Å². The lowest BCUT2D eigenvalue weighted by Gasteiger charge is -2.05. The van der Waals surface area contributed by atoms with Gasteiger partial charge in [0.2, 0.25) is 0 Å². The zero-order valence-electron chi connectivity index (χ0n) is 8.01. The van der Waals surface area contributed by atoms with Crippen LogP contribution in [0.25, 0.3) is 0 Å². The smallest absolute Gasteiger partial charge is 0.423 e. The average Bonchev–Trinajstić information content (AvgIpc) is 2.17. The van der Waals surface area contributed by atoms with E-state index < -0.39 is 22.8 Å². The molecule has 7 heteroatoms. The van der Waals surface area contributed by atoms with Crippen molar-refractivity contribution < 1.29 is 22.9 Å². The quantitative estimate of drug-likeness (QED) is 0.675. The third-order valence-electron chi connectivity index (χ3n) is 1.99. The highest BCUT2D eigenvalue weighted by molar-refractivity contribution is 7.91. The van der Waals surface area contributed by atoms with Crippen LogP contribution in [0.5, 0.6) is 0 Å². The van der Waals surface area contributed by atoms with Crippen molar-refractivity contribution in [1.82, 2.24) is 0 Å². The topological polar surface area (TPSA) is 74.6 Å². The van der Waals surface area contributed by atoms with Gasteiger partial charge in [0.1, 0.15) is 5.82 Å². The average molecular weight is 232 g/mol. The van der Waals surface area contributed by atoms with E-state index in [9.17, 15) is 12.8 Å². The van der Waals surface area contributed by atoms with Crippen LogP contribution in [0.2, 0.25) is 0 Å². The Kier molecular flexibility index (Phi) is 3.48. The molecule has 82 valence electrons. The van der Waals surface area contributed by atoms with Gasteiger partial charge in [-0.1, -0.05) is 13.0 Å².